The predicted octanol–water partition coefficient (Wildman–Crippen LogP) is 6.30. The lowest BCUT2D eigenvalue weighted by molar-refractivity contribution is -0.148. The number of benzene rings is 3. The first-order valence-electron chi connectivity index (χ1n) is 11.9. The molecular formula is C29H34O5. The van der Waals surface area contributed by atoms with Crippen LogP contribution < -0.4 is 9.47 Å². The number of hydrogen-bond donors (Lipinski definition) is 1. The lowest BCUT2D eigenvalue weighted by Crippen LogP contribution is -2.39. The zero-order valence-corrected chi connectivity index (χ0v) is 21.0. The van der Waals surface area contributed by atoms with Crippen molar-refractivity contribution in [2.45, 2.75) is 65.4 Å². The average Bonchev–Trinajstić information content (AvgIpc) is 2.83. The molecule has 3 aromatic rings. The monoisotopic (exact) mass is 462 g/mol. The average molecular weight is 463 g/mol. The van der Waals surface area contributed by atoms with Crippen LogP contribution in [0.4, 0.5) is 0 Å². The number of aromatic hydroxyl groups is 1. The highest BCUT2D eigenvalue weighted by Gasteiger charge is 2.37. The molecule has 0 amide bonds. The molecule has 0 radical (unpaired) electrons. The van der Waals surface area contributed by atoms with Crippen LogP contribution in [-0.4, -0.2) is 30.4 Å². The summed E-state index contributed by atoms with van der Waals surface area (Å²) in [5.41, 5.74) is 4.15. The maximum atomic E-state index is 12.8. The van der Waals surface area contributed by atoms with E-state index in [0.29, 0.717) is 18.8 Å². The van der Waals surface area contributed by atoms with Gasteiger partial charge in [0.15, 0.2) is 0 Å². The fraction of sp³-hybridized carbons (Fsp3) is 0.414. The summed E-state index contributed by atoms with van der Waals surface area (Å²) >= 11 is 0. The summed E-state index contributed by atoms with van der Waals surface area (Å²) in [6, 6.07) is 12.3. The van der Waals surface area contributed by atoms with Crippen LogP contribution in [0.3, 0.4) is 0 Å². The first-order valence-corrected chi connectivity index (χ1v) is 11.9. The number of esters is 1. The van der Waals surface area contributed by atoms with Crippen molar-refractivity contribution in [2.24, 2.45) is 0 Å². The lowest BCUT2D eigenvalue weighted by Gasteiger charge is -2.37. The zero-order valence-electron chi connectivity index (χ0n) is 21.0. The van der Waals surface area contributed by atoms with Gasteiger partial charge in [-0.05, 0) is 85.7 Å². The molecule has 0 saturated heterocycles. The Morgan fingerprint density at radius 2 is 1.79 bits per heavy atom. The van der Waals surface area contributed by atoms with Crippen molar-refractivity contribution in [3.8, 4) is 17.2 Å². The van der Waals surface area contributed by atoms with Gasteiger partial charge in [-0.25, -0.2) is 0 Å². The number of phenols is 1. The molecule has 0 saturated carbocycles. The quantitative estimate of drug-likeness (QED) is 0.436. The third kappa shape index (κ3) is 4.56. The Hall–Kier alpha value is -3.21. The summed E-state index contributed by atoms with van der Waals surface area (Å²) in [4.78, 5) is 12.8. The van der Waals surface area contributed by atoms with Crippen molar-refractivity contribution in [2.75, 3.05) is 13.7 Å². The van der Waals surface area contributed by atoms with E-state index >= 15 is 0 Å². The molecule has 0 fully saturated rings. The minimum atomic E-state index is -0.629. The van der Waals surface area contributed by atoms with Crippen molar-refractivity contribution in [3.63, 3.8) is 0 Å². The van der Waals surface area contributed by atoms with E-state index in [2.05, 4.69) is 25.1 Å². The van der Waals surface area contributed by atoms with Crippen LogP contribution in [0.2, 0.25) is 0 Å². The molecule has 1 aliphatic heterocycles. The number of ether oxygens (including phenoxy) is 3. The third-order valence-corrected chi connectivity index (χ3v) is 7.25. The van der Waals surface area contributed by atoms with Crippen molar-refractivity contribution in [3.05, 3.63) is 64.2 Å². The Morgan fingerprint density at radius 3 is 2.53 bits per heavy atom. The predicted molar refractivity (Wildman–Crippen MR) is 134 cm³/mol. The van der Waals surface area contributed by atoms with Gasteiger partial charge in [0.05, 0.1) is 20.1 Å². The molecule has 180 valence electrons. The summed E-state index contributed by atoms with van der Waals surface area (Å²) in [7, 11) is 1.66. The first-order chi connectivity index (χ1) is 16.1. The van der Waals surface area contributed by atoms with E-state index in [0.717, 1.165) is 56.5 Å². The number of methoxy groups -OCH3 is 1. The van der Waals surface area contributed by atoms with E-state index < -0.39 is 5.60 Å². The summed E-state index contributed by atoms with van der Waals surface area (Å²) in [6.07, 6.45) is 1.65. The molecule has 0 aromatic heterocycles. The van der Waals surface area contributed by atoms with Gasteiger partial charge in [-0.1, -0.05) is 31.2 Å². The Kier molecular flexibility index (Phi) is 6.48. The Bertz CT molecular complexity index is 1250. The molecule has 0 aliphatic carbocycles. The van der Waals surface area contributed by atoms with Crippen molar-refractivity contribution < 1.29 is 24.1 Å². The maximum absolute atomic E-state index is 12.8. The van der Waals surface area contributed by atoms with Gasteiger partial charge in [0.2, 0.25) is 0 Å². The van der Waals surface area contributed by atoms with Crippen molar-refractivity contribution in [1.82, 2.24) is 0 Å². The number of hydrogen-bond acceptors (Lipinski definition) is 5. The molecule has 34 heavy (non-hydrogen) atoms. The van der Waals surface area contributed by atoms with E-state index in [1.807, 2.05) is 45.9 Å². The standard InChI is InChI=1S/C29H34O5/c1-17(21-7-8-23-14-24(32-6)10-9-22(23)13-21)16-33-26(30)15-29(5)12-11-25-20(4)27(31)18(2)19(3)28(25)34-29/h7-10,13-14,17,31H,11-12,15-16H2,1-6H3/t17-,29?/m1/s1. The molecule has 5 heteroatoms. The molecule has 2 atom stereocenters. The highest BCUT2D eigenvalue weighted by atomic mass is 16.5. The smallest absolute Gasteiger partial charge is 0.309 e. The molecule has 0 spiro atoms. The highest BCUT2D eigenvalue weighted by Crippen LogP contribution is 2.44. The second-order valence-corrected chi connectivity index (χ2v) is 9.82. The zero-order chi connectivity index (χ0) is 24.6. The van der Waals surface area contributed by atoms with E-state index in [9.17, 15) is 9.90 Å². The molecule has 1 heterocycles. The Morgan fingerprint density at radius 1 is 1.09 bits per heavy atom. The molecule has 4 rings (SSSR count). The molecule has 0 bridgehead atoms. The van der Waals surface area contributed by atoms with E-state index in [1.54, 1.807) is 7.11 Å². The number of carbonyl (C=O) groups excluding carboxylic acids is 1. The van der Waals surface area contributed by atoms with Gasteiger partial charge in [0, 0.05) is 11.5 Å². The highest BCUT2D eigenvalue weighted by molar-refractivity contribution is 5.84. The van der Waals surface area contributed by atoms with E-state index in [4.69, 9.17) is 14.2 Å². The number of phenolic OH excluding ortho intramolecular Hbond substituents is 1. The minimum Gasteiger partial charge on any atom is -0.507 e. The van der Waals surface area contributed by atoms with Gasteiger partial charge in [0.1, 0.15) is 22.8 Å². The van der Waals surface area contributed by atoms with Gasteiger partial charge in [0.25, 0.3) is 0 Å². The van der Waals surface area contributed by atoms with Crippen LogP contribution in [0.25, 0.3) is 10.8 Å². The molecule has 1 N–H and O–H groups in total. The van der Waals surface area contributed by atoms with Gasteiger partial charge >= 0.3 is 5.97 Å². The largest absolute Gasteiger partial charge is 0.507 e. The van der Waals surface area contributed by atoms with E-state index in [1.165, 1.54) is 0 Å². The van der Waals surface area contributed by atoms with Crippen LogP contribution >= 0.6 is 0 Å². The van der Waals surface area contributed by atoms with Crippen LogP contribution in [0.1, 0.15) is 60.4 Å². The second kappa shape index (κ2) is 9.21. The first kappa shape index (κ1) is 23.9. The molecule has 3 aromatic carbocycles. The van der Waals surface area contributed by atoms with Gasteiger partial charge in [-0.3, -0.25) is 4.79 Å². The van der Waals surface area contributed by atoms with Crippen LogP contribution in [0.15, 0.2) is 36.4 Å². The SMILES string of the molecule is COc1ccc2cc([C@H](C)COC(=O)CC3(C)CCc4c(C)c(O)c(C)c(C)c4O3)ccc2c1. The van der Waals surface area contributed by atoms with Crippen LogP contribution in [0.5, 0.6) is 17.2 Å². The molecule has 5 nitrogen and oxygen atoms in total. The Labute approximate surface area is 201 Å². The number of rotatable bonds is 6. The summed E-state index contributed by atoms with van der Waals surface area (Å²) in [6.45, 7) is 10.1. The number of carbonyl (C=O) groups is 1. The van der Waals surface area contributed by atoms with Crippen LogP contribution in [-0.2, 0) is 16.0 Å². The maximum Gasteiger partial charge on any atom is 0.309 e. The lowest BCUT2D eigenvalue weighted by atomic mass is 9.85. The normalized spacial score (nSPS) is 18.2. The summed E-state index contributed by atoms with van der Waals surface area (Å²) < 4.78 is 17.4. The molecular weight excluding hydrogens is 428 g/mol. The fourth-order valence-corrected chi connectivity index (χ4v) is 4.77. The third-order valence-electron chi connectivity index (χ3n) is 7.25. The minimum absolute atomic E-state index is 0.0757. The topological polar surface area (TPSA) is 65.0 Å². The molecule has 1 aliphatic rings. The van der Waals surface area contributed by atoms with Crippen molar-refractivity contribution >= 4 is 16.7 Å². The van der Waals surface area contributed by atoms with Gasteiger partial charge in [-0.15, -0.1) is 0 Å². The number of fused-ring (bicyclic) bond motifs is 2. The second-order valence-electron chi connectivity index (χ2n) is 9.82. The van der Waals surface area contributed by atoms with Crippen LogP contribution in [0, 0.1) is 20.8 Å². The van der Waals surface area contributed by atoms with Gasteiger partial charge < -0.3 is 19.3 Å². The summed E-state index contributed by atoms with van der Waals surface area (Å²) in [5, 5.41) is 12.6. The fourth-order valence-electron chi connectivity index (χ4n) is 4.77. The summed E-state index contributed by atoms with van der Waals surface area (Å²) in [5.74, 6) is 1.79. The Balaban J connectivity index is 1.40. The molecule has 1 unspecified atom stereocenters. The van der Waals surface area contributed by atoms with Gasteiger partial charge in [-0.2, -0.15) is 0 Å². The van der Waals surface area contributed by atoms with E-state index in [-0.39, 0.29) is 18.3 Å². The van der Waals surface area contributed by atoms with Crippen molar-refractivity contribution in [1.29, 1.82) is 0 Å².